The molecule has 0 bridgehead atoms. The molecule has 1 aliphatic carbocycles. The van der Waals surface area contributed by atoms with Gasteiger partial charge in [0.15, 0.2) is 23.2 Å². The lowest BCUT2D eigenvalue weighted by atomic mass is 9.81. The van der Waals surface area contributed by atoms with Crippen LogP contribution in [0.25, 0.3) is 0 Å². The average molecular weight is 351 g/mol. The molecule has 2 aromatic carbocycles. The van der Waals surface area contributed by atoms with Gasteiger partial charge in [0.2, 0.25) is 0 Å². The number of benzene rings is 2. The molecule has 1 aliphatic rings. The van der Waals surface area contributed by atoms with Gasteiger partial charge in [0.25, 0.3) is 0 Å². The van der Waals surface area contributed by atoms with E-state index in [1.165, 1.54) is 12.1 Å². The van der Waals surface area contributed by atoms with Crippen LogP contribution in [0.4, 0.5) is 17.6 Å². The Balaban J connectivity index is 1.70. The Morgan fingerprint density at radius 3 is 2.40 bits per heavy atom. The van der Waals surface area contributed by atoms with Crippen LogP contribution in [0.1, 0.15) is 24.3 Å². The van der Waals surface area contributed by atoms with Gasteiger partial charge in [-0.1, -0.05) is 18.2 Å². The molecule has 0 fully saturated rings. The summed E-state index contributed by atoms with van der Waals surface area (Å²) in [6.07, 6.45) is 2.60. The minimum absolute atomic E-state index is 0.0664. The Kier molecular flexibility index (Phi) is 5.08. The van der Waals surface area contributed by atoms with Gasteiger partial charge in [0.1, 0.15) is 12.4 Å². The van der Waals surface area contributed by atoms with Crippen molar-refractivity contribution in [1.82, 2.24) is 0 Å². The summed E-state index contributed by atoms with van der Waals surface area (Å²) in [4.78, 5) is 0. The van der Waals surface area contributed by atoms with E-state index in [0.29, 0.717) is 18.9 Å². The fraction of sp³-hybridized carbons (Fsp3) is 0.263. The van der Waals surface area contributed by atoms with Crippen molar-refractivity contribution >= 4 is 0 Å². The van der Waals surface area contributed by atoms with Crippen LogP contribution in [0.3, 0.4) is 0 Å². The van der Waals surface area contributed by atoms with Crippen molar-refractivity contribution < 1.29 is 22.3 Å². The topological polar surface area (TPSA) is 35.2 Å². The van der Waals surface area contributed by atoms with Gasteiger partial charge in [-0.25, -0.2) is 17.6 Å². The normalized spacial score (nSPS) is 20.3. The van der Waals surface area contributed by atoms with E-state index < -0.39 is 35.2 Å². The highest BCUT2D eigenvalue weighted by molar-refractivity contribution is 5.30. The molecule has 2 atom stereocenters. The lowest BCUT2D eigenvalue weighted by Crippen LogP contribution is -2.33. The first-order chi connectivity index (χ1) is 12.0. The highest BCUT2D eigenvalue weighted by Crippen LogP contribution is 2.34. The van der Waals surface area contributed by atoms with Crippen molar-refractivity contribution in [3.63, 3.8) is 0 Å². The summed E-state index contributed by atoms with van der Waals surface area (Å²) in [6, 6.07) is 7.00. The first-order valence-electron chi connectivity index (χ1n) is 7.91. The second-order valence-electron chi connectivity index (χ2n) is 6.08. The molecule has 2 N–H and O–H groups in total. The van der Waals surface area contributed by atoms with Gasteiger partial charge in [-0.3, -0.25) is 0 Å². The molecule has 132 valence electrons. The summed E-state index contributed by atoms with van der Waals surface area (Å²) in [7, 11) is 0. The maximum absolute atomic E-state index is 14.0. The van der Waals surface area contributed by atoms with Crippen LogP contribution >= 0.6 is 0 Å². The zero-order valence-corrected chi connectivity index (χ0v) is 13.3. The van der Waals surface area contributed by atoms with Crippen molar-refractivity contribution in [2.24, 2.45) is 5.73 Å². The standard InChI is InChI=1S/C19H17F4NO/c20-14-3-1-2-4-19(14)25-10-11-5-6-12(18(24)7-11)13-8-16(22)17(23)9-15(13)21/h1-5,8-9,12,18H,6-7,10,24H2/t12-,18+/m0/s1. The number of allylic oxidation sites excluding steroid dienone is 1. The molecule has 0 saturated carbocycles. The molecule has 0 aliphatic heterocycles. The van der Waals surface area contributed by atoms with Crippen molar-refractivity contribution in [2.45, 2.75) is 24.8 Å². The summed E-state index contributed by atoms with van der Waals surface area (Å²) in [6.45, 7) is 0.168. The number of hydrogen-bond acceptors (Lipinski definition) is 2. The summed E-state index contributed by atoms with van der Waals surface area (Å²) in [5.41, 5.74) is 7.03. The van der Waals surface area contributed by atoms with Gasteiger partial charge in [0, 0.05) is 18.0 Å². The molecular formula is C19H17F4NO. The van der Waals surface area contributed by atoms with Crippen molar-refractivity contribution in [3.05, 3.63) is 76.9 Å². The maximum Gasteiger partial charge on any atom is 0.165 e. The summed E-state index contributed by atoms with van der Waals surface area (Å²) >= 11 is 0. The molecule has 0 heterocycles. The minimum atomic E-state index is -1.22. The summed E-state index contributed by atoms with van der Waals surface area (Å²) in [5.74, 6) is -3.89. The Hall–Kier alpha value is -2.34. The van der Waals surface area contributed by atoms with Crippen LogP contribution in [0.5, 0.6) is 5.75 Å². The van der Waals surface area contributed by atoms with Crippen LogP contribution in [-0.2, 0) is 0 Å². The Labute approximate surface area is 142 Å². The SMILES string of the molecule is N[C@@H]1CC(COc2ccccc2F)=CC[C@H]1c1cc(F)c(F)cc1F. The third kappa shape index (κ3) is 3.85. The Morgan fingerprint density at radius 1 is 0.960 bits per heavy atom. The zero-order valence-electron chi connectivity index (χ0n) is 13.3. The van der Waals surface area contributed by atoms with Gasteiger partial charge in [-0.2, -0.15) is 0 Å². The van der Waals surface area contributed by atoms with Crippen molar-refractivity contribution in [2.75, 3.05) is 6.61 Å². The predicted octanol–water partition coefficient (Wildman–Crippen LogP) is 4.45. The first kappa shape index (κ1) is 17.5. The van der Waals surface area contributed by atoms with Crippen LogP contribution < -0.4 is 10.5 Å². The number of rotatable bonds is 4. The highest BCUT2D eigenvalue weighted by Gasteiger charge is 2.28. The van der Waals surface area contributed by atoms with Crippen LogP contribution in [0.15, 0.2) is 48.0 Å². The number of halogens is 4. The largest absolute Gasteiger partial charge is 0.486 e. The monoisotopic (exact) mass is 351 g/mol. The summed E-state index contributed by atoms with van der Waals surface area (Å²) in [5, 5.41) is 0. The van der Waals surface area contributed by atoms with Gasteiger partial charge in [0.05, 0.1) is 0 Å². The van der Waals surface area contributed by atoms with Gasteiger partial charge < -0.3 is 10.5 Å². The van der Waals surface area contributed by atoms with Crippen molar-refractivity contribution in [1.29, 1.82) is 0 Å². The number of para-hydroxylation sites is 1. The van der Waals surface area contributed by atoms with Gasteiger partial charge in [-0.15, -0.1) is 0 Å². The molecule has 0 radical (unpaired) electrons. The van der Waals surface area contributed by atoms with Gasteiger partial charge >= 0.3 is 0 Å². The number of nitrogens with two attached hydrogens (primary N) is 1. The van der Waals surface area contributed by atoms with E-state index in [9.17, 15) is 17.6 Å². The lowest BCUT2D eigenvalue weighted by molar-refractivity contribution is 0.318. The molecule has 3 rings (SSSR count). The molecule has 2 aromatic rings. The van der Waals surface area contributed by atoms with E-state index in [2.05, 4.69) is 0 Å². The molecule has 0 spiro atoms. The van der Waals surface area contributed by atoms with E-state index in [0.717, 1.165) is 11.6 Å². The molecule has 0 amide bonds. The molecule has 25 heavy (non-hydrogen) atoms. The first-order valence-corrected chi connectivity index (χ1v) is 7.91. The van der Waals surface area contributed by atoms with E-state index >= 15 is 0 Å². The molecule has 2 nitrogen and oxygen atoms in total. The van der Waals surface area contributed by atoms with E-state index in [4.69, 9.17) is 10.5 Å². The van der Waals surface area contributed by atoms with Crippen molar-refractivity contribution in [3.8, 4) is 5.75 Å². The van der Waals surface area contributed by atoms with Crippen LogP contribution in [0, 0.1) is 23.3 Å². The van der Waals surface area contributed by atoms with E-state index in [1.54, 1.807) is 12.1 Å². The molecule has 6 heteroatoms. The third-order valence-electron chi connectivity index (χ3n) is 4.36. The average Bonchev–Trinajstić information content (AvgIpc) is 2.58. The minimum Gasteiger partial charge on any atom is -0.486 e. The van der Waals surface area contributed by atoms with Gasteiger partial charge in [-0.05, 0) is 42.2 Å². The van der Waals surface area contributed by atoms with E-state index in [-0.39, 0.29) is 17.9 Å². The molecular weight excluding hydrogens is 334 g/mol. The quantitative estimate of drug-likeness (QED) is 0.502. The predicted molar refractivity (Wildman–Crippen MR) is 86.2 cm³/mol. The Bertz CT molecular complexity index is 806. The van der Waals surface area contributed by atoms with Crippen LogP contribution in [0.2, 0.25) is 0 Å². The van der Waals surface area contributed by atoms with Crippen LogP contribution in [-0.4, -0.2) is 12.6 Å². The number of hydrogen-bond donors (Lipinski definition) is 1. The van der Waals surface area contributed by atoms with E-state index in [1.807, 2.05) is 6.08 Å². The Morgan fingerprint density at radius 2 is 1.68 bits per heavy atom. The lowest BCUT2D eigenvalue weighted by Gasteiger charge is -2.29. The highest BCUT2D eigenvalue weighted by atomic mass is 19.2. The fourth-order valence-corrected chi connectivity index (χ4v) is 3.03. The second-order valence-corrected chi connectivity index (χ2v) is 6.08. The second kappa shape index (κ2) is 7.27. The fourth-order valence-electron chi connectivity index (χ4n) is 3.03. The molecule has 0 saturated heterocycles. The maximum atomic E-state index is 14.0. The molecule has 0 unspecified atom stereocenters. The molecule has 0 aromatic heterocycles. The summed E-state index contributed by atoms with van der Waals surface area (Å²) < 4.78 is 59.4. The number of ether oxygens (including phenoxy) is 1. The third-order valence-corrected chi connectivity index (χ3v) is 4.36. The zero-order chi connectivity index (χ0) is 18.0. The smallest absolute Gasteiger partial charge is 0.165 e.